The fraction of sp³-hybridized carbons (Fsp3) is 0.0435. The van der Waals surface area contributed by atoms with Crippen molar-refractivity contribution in [1.29, 1.82) is 0 Å². The Labute approximate surface area is 298 Å². The maximum atomic E-state index is 5.24. The van der Waals surface area contributed by atoms with Crippen molar-refractivity contribution < 1.29 is 0 Å². The van der Waals surface area contributed by atoms with E-state index in [0.717, 1.165) is 28.7 Å². The maximum absolute atomic E-state index is 5.24. The summed E-state index contributed by atoms with van der Waals surface area (Å²) in [5.41, 5.74) is 11.9. The zero-order valence-electron chi connectivity index (χ0n) is 27.6. The number of thiophene rings is 1. The first-order chi connectivity index (χ1) is 25.3. The van der Waals surface area contributed by atoms with E-state index < -0.39 is 0 Å². The minimum absolute atomic E-state index is 0.280. The molecule has 5 heteroatoms. The minimum Gasteiger partial charge on any atom is -0.333 e. The first-order valence-electron chi connectivity index (χ1n) is 17.4. The second-order valence-electron chi connectivity index (χ2n) is 13.3. The van der Waals surface area contributed by atoms with Crippen LogP contribution in [0.4, 0.5) is 11.4 Å². The van der Waals surface area contributed by atoms with Gasteiger partial charge in [-0.25, -0.2) is 9.97 Å². The van der Waals surface area contributed by atoms with Gasteiger partial charge in [0, 0.05) is 59.6 Å². The van der Waals surface area contributed by atoms with Crippen LogP contribution in [0.1, 0.15) is 17.5 Å². The molecule has 1 aliphatic carbocycles. The second-order valence-corrected chi connectivity index (χ2v) is 14.4. The average Bonchev–Trinajstić information content (AvgIpc) is 3.85. The van der Waals surface area contributed by atoms with E-state index in [1.807, 2.05) is 23.6 Å². The number of allylic oxidation sites excluding steroid dienone is 2. The summed E-state index contributed by atoms with van der Waals surface area (Å²) < 4.78 is 4.76. The standard InChI is InChI=1S/C46H30N4S/c1-2-11-31(12-3-1)49-40-18-7-4-13-32(40)37-27-29(21-23-42(37)49)30-22-24-43-38(28-30)33-14-5-8-19-41(33)50(43)46-47-26-25-39(48-46)36-17-10-16-35-34-15-6-9-20-44(34)51-45(35)36/h1-22,24-28,42H,23H2. The summed E-state index contributed by atoms with van der Waals surface area (Å²) in [5.74, 6) is 0.676. The number of benzene rings is 6. The fourth-order valence-electron chi connectivity index (χ4n) is 8.32. The van der Waals surface area contributed by atoms with Crippen LogP contribution in [0.25, 0.3) is 70.3 Å². The molecule has 0 spiro atoms. The van der Waals surface area contributed by atoms with Crippen LogP contribution in [-0.4, -0.2) is 20.6 Å². The molecule has 2 aliphatic rings. The van der Waals surface area contributed by atoms with Crippen molar-refractivity contribution in [3.8, 4) is 17.2 Å². The van der Waals surface area contributed by atoms with Crippen molar-refractivity contribution in [3.63, 3.8) is 0 Å². The zero-order chi connectivity index (χ0) is 33.5. The van der Waals surface area contributed by atoms with Crippen LogP contribution in [0.2, 0.25) is 0 Å². The van der Waals surface area contributed by atoms with Crippen molar-refractivity contribution in [2.75, 3.05) is 4.90 Å². The molecular weight excluding hydrogens is 641 g/mol. The molecule has 6 aromatic carbocycles. The van der Waals surface area contributed by atoms with Crippen molar-refractivity contribution in [2.45, 2.75) is 12.5 Å². The molecule has 4 heterocycles. The molecule has 9 aromatic rings. The lowest BCUT2D eigenvalue weighted by Crippen LogP contribution is -2.27. The predicted molar refractivity (Wildman–Crippen MR) is 214 cm³/mol. The van der Waals surface area contributed by atoms with Gasteiger partial charge in [0.25, 0.3) is 0 Å². The smallest absolute Gasteiger partial charge is 0.235 e. The Morgan fingerprint density at radius 3 is 2.33 bits per heavy atom. The summed E-state index contributed by atoms with van der Waals surface area (Å²) in [6.07, 6.45) is 7.67. The minimum atomic E-state index is 0.280. The molecular formula is C46H30N4S. The Balaban J connectivity index is 1.02. The van der Waals surface area contributed by atoms with Crippen molar-refractivity contribution in [2.24, 2.45) is 0 Å². The van der Waals surface area contributed by atoms with Gasteiger partial charge in [-0.3, -0.25) is 4.57 Å². The number of rotatable bonds is 4. The Morgan fingerprint density at radius 1 is 0.627 bits per heavy atom. The van der Waals surface area contributed by atoms with Gasteiger partial charge in [0.15, 0.2) is 0 Å². The van der Waals surface area contributed by atoms with E-state index in [4.69, 9.17) is 9.97 Å². The first kappa shape index (κ1) is 28.5. The SMILES string of the molecule is C1=C(c2ccc3c(c2)c2ccccc2n3-c2nccc(-c3cccc4c3sc3ccccc34)n2)C=C2c3ccccc3N(c3ccccc3)C2C1. The van der Waals surface area contributed by atoms with Gasteiger partial charge in [-0.1, -0.05) is 103 Å². The summed E-state index contributed by atoms with van der Waals surface area (Å²) in [4.78, 5) is 12.6. The van der Waals surface area contributed by atoms with Gasteiger partial charge in [-0.05, 0) is 77.7 Å². The highest BCUT2D eigenvalue weighted by atomic mass is 32.1. The van der Waals surface area contributed by atoms with Crippen LogP contribution in [0.15, 0.2) is 164 Å². The topological polar surface area (TPSA) is 34.0 Å². The third-order valence-corrected chi connectivity index (χ3v) is 11.8. The Kier molecular flexibility index (Phi) is 6.21. The van der Waals surface area contributed by atoms with E-state index in [-0.39, 0.29) is 6.04 Å². The molecule has 1 atom stereocenters. The summed E-state index contributed by atoms with van der Waals surface area (Å²) >= 11 is 1.83. The molecule has 0 N–H and O–H groups in total. The van der Waals surface area contributed by atoms with Crippen molar-refractivity contribution in [3.05, 3.63) is 175 Å². The largest absolute Gasteiger partial charge is 0.333 e. The van der Waals surface area contributed by atoms with Gasteiger partial charge in [0.05, 0.1) is 22.8 Å². The van der Waals surface area contributed by atoms with Crippen LogP contribution < -0.4 is 4.90 Å². The van der Waals surface area contributed by atoms with Gasteiger partial charge in [-0.15, -0.1) is 11.3 Å². The molecule has 0 saturated carbocycles. The summed E-state index contributed by atoms with van der Waals surface area (Å²) in [6, 6.07) is 52.6. The van der Waals surface area contributed by atoms with Gasteiger partial charge in [0.2, 0.25) is 5.95 Å². The van der Waals surface area contributed by atoms with E-state index in [1.165, 1.54) is 64.6 Å². The van der Waals surface area contributed by atoms with Crippen molar-refractivity contribution in [1.82, 2.24) is 14.5 Å². The molecule has 3 aromatic heterocycles. The molecule has 240 valence electrons. The number of nitrogens with zero attached hydrogens (tertiary/aromatic N) is 4. The molecule has 1 aliphatic heterocycles. The molecule has 51 heavy (non-hydrogen) atoms. The quantitative estimate of drug-likeness (QED) is 0.187. The lowest BCUT2D eigenvalue weighted by molar-refractivity contribution is 0.831. The number of hydrogen-bond donors (Lipinski definition) is 0. The summed E-state index contributed by atoms with van der Waals surface area (Å²) in [5, 5.41) is 4.95. The number of hydrogen-bond acceptors (Lipinski definition) is 4. The molecule has 4 nitrogen and oxygen atoms in total. The van der Waals surface area contributed by atoms with E-state index in [0.29, 0.717) is 5.95 Å². The number of aromatic nitrogens is 3. The molecule has 0 amide bonds. The summed E-state index contributed by atoms with van der Waals surface area (Å²) in [6.45, 7) is 0. The van der Waals surface area contributed by atoms with E-state index in [9.17, 15) is 0 Å². The monoisotopic (exact) mass is 670 g/mol. The fourth-order valence-corrected chi connectivity index (χ4v) is 9.54. The van der Waals surface area contributed by atoms with Gasteiger partial charge < -0.3 is 4.90 Å². The molecule has 0 saturated heterocycles. The highest BCUT2D eigenvalue weighted by Gasteiger charge is 2.35. The zero-order valence-corrected chi connectivity index (χ0v) is 28.4. The van der Waals surface area contributed by atoms with Crippen LogP contribution in [0.5, 0.6) is 0 Å². The molecule has 0 bridgehead atoms. The number of anilines is 2. The lowest BCUT2D eigenvalue weighted by Gasteiger charge is -2.29. The van der Waals surface area contributed by atoms with E-state index in [1.54, 1.807) is 0 Å². The van der Waals surface area contributed by atoms with Gasteiger partial charge >= 0.3 is 0 Å². The summed E-state index contributed by atoms with van der Waals surface area (Å²) in [7, 11) is 0. The lowest BCUT2D eigenvalue weighted by atomic mass is 9.89. The second kappa shape index (κ2) is 11.1. The highest BCUT2D eigenvalue weighted by Crippen LogP contribution is 2.49. The Hall–Kier alpha value is -6.30. The number of para-hydroxylation sites is 3. The maximum Gasteiger partial charge on any atom is 0.235 e. The molecule has 0 fully saturated rings. The van der Waals surface area contributed by atoms with E-state index in [2.05, 4.69) is 161 Å². The van der Waals surface area contributed by atoms with Gasteiger partial charge in [0.1, 0.15) is 0 Å². The van der Waals surface area contributed by atoms with Gasteiger partial charge in [-0.2, -0.15) is 0 Å². The third kappa shape index (κ3) is 4.32. The normalized spacial score (nSPS) is 15.4. The Bertz CT molecular complexity index is 2910. The van der Waals surface area contributed by atoms with E-state index >= 15 is 0 Å². The van der Waals surface area contributed by atoms with Crippen molar-refractivity contribution >= 4 is 75.8 Å². The molecule has 11 rings (SSSR count). The van der Waals surface area contributed by atoms with Crippen LogP contribution in [0.3, 0.4) is 0 Å². The third-order valence-electron chi connectivity index (χ3n) is 10.6. The first-order valence-corrected chi connectivity index (χ1v) is 18.2. The molecule has 0 radical (unpaired) electrons. The molecule has 1 unspecified atom stereocenters. The predicted octanol–water partition coefficient (Wildman–Crippen LogP) is 12.0. The Morgan fingerprint density at radius 2 is 1.39 bits per heavy atom. The van der Waals surface area contributed by atoms with Crippen LogP contribution >= 0.6 is 11.3 Å². The van der Waals surface area contributed by atoms with Crippen LogP contribution in [0, 0.1) is 0 Å². The van der Waals surface area contributed by atoms with Crippen LogP contribution in [-0.2, 0) is 0 Å². The highest BCUT2D eigenvalue weighted by molar-refractivity contribution is 7.26. The average molecular weight is 671 g/mol. The number of fused-ring (bicyclic) bond motifs is 9.